The molecule has 246 valence electrons. The van der Waals surface area contributed by atoms with E-state index in [-0.39, 0.29) is 22.2 Å². The first-order valence-electron chi connectivity index (χ1n) is 16.0. The van der Waals surface area contributed by atoms with Gasteiger partial charge in [0, 0.05) is 41.1 Å². The summed E-state index contributed by atoms with van der Waals surface area (Å²) in [6, 6.07) is 18.0. The molecule has 0 spiro atoms. The molecule has 2 atom stereocenters. The van der Waals surface area contributed by atoms with Gasteiger partial charge in [-0.25, -0.2) is 8.42 Å². The van der Waals surface area contributed by atoms with Gasteiger partial charge in [-0.3, -0.25) is 9.52 Å². The van der Waals surface area contributed by atoms with Gasteiger partial charge in [0.2, 0.25) is 5.91 Å². The zero-order valence-corrected chi connectivity index (χ0v) is 26.6. The number of aromatic hydroxyl groups is 1. The van der Waals surface area contributed by atoms with Crippen molar-refractivity contribution in [3.63, 3.8) is 0 Å². The number of amides is 1. The molecule has 8 rings (SSSR count). The summed E-state index contributed by atoms with van der Waals surface area (Å²) in [7, 11) is -4.24. The summed E-state index contributed by atoms with van der Waals surface area (Å²) in [4.78, 5) is 16.2. The van der Waals surface area contributed by atoms with Crippen LogP contribution in [0.4, 0.5) is 30.2 Å². The smallest absolute Gasteiger partial charge is 0.416 e. The molecule has 2 unspecified atom stereocenters. The van der Waals surface area contributed by atoms with Crippen molar-refractivity contribution >= 4 is 39.1 Å². The van der Waals surface area contributed by atoms with Crippen LogP contribution in [0.2, 0.25) is 0 Å². The molecule has 3 N–H and O–H groups in total. The summed E-state index contributed by atoms with van der Waals surface area (Å²) in [5.41, 5.74) is 5.01. The summed E-state index contributed by atoms with van der Waals surface area (Å²) in [6.45, 7) is 1.94. The fraction of sp³-hybridized carbons (Fsp3) is 0.270. The van der Waals surface area contributed by atoms with E-state index in [4.69, 9.17) is 0 Å². The van der Waals surface area contributed by atoms with E-state index in [2.05, 4.69) is 21.0 Å². The van der Waals surface area contributed by atoms with Gasteiger partial charge in [-0.05, 0) is 102 Å². The highest BCUT2D eigenvalue weighted by Gasteiger charge is 2.51. The Morgan fingerprint density at radius 3 is 2.50 bits per heavy atom. The molecule has 0 radical (unpaired) electrons. The molecule has 3 aliphatic heterocycles. The second kappa shape index (κ2) is 10.9. The number of nitrogens with one attached hydrogen (secondary N) is 2. The topological polar surface area (TPSA) is 98.7 Å². The molecule has 4 aliphatic rings. The molecule has 0 fully saturated rings. The van der Waals surface area contributed by atoms with Crippen molar-refractivity contribution in [1.82, 2.24) is 0 Å². The van der Waals surface area contributed by atoms with E-state index in [1.54, 1.807) is 6.07 Å². The maximum absolute atomic E-state index is 14.0. The first-order chi connectivity index (χ1) is 22.9. The second-order valence-electron chi connectivity index (χ2n) is 13.1. The predicted octanol–water partition coefficient (Wildman–Crippen LogP) is 7.15. The van der Waals surface area contributed by atoms with Crippen LogP contribution in [-0.2, 0) is 45.7 Å². The van der Waals surface area contributed by atoms with Gasteiger partial charge < -0.3 is 15.3 Å². The minimum atomic E-state index is -4.55. The van der Waals surface area contributed by atoms with Crippen molar-refractivity contribution in [3.05, 3.63) is 118 Å². The maximum atomic E-state index is 14.0. The number of aryl methyl sites for hydroxylation is 1. The molecule has 1 amide bonds. The largest absolute Gasteiger partial charge is 0.507 e. The average molecular weight is 672 g/mol. The molecule has 0 saturated heterocycles. The van der Waals surface area contributed by atoms with Gasteiger partial charge in [0.15, 0.2) is 0 Å². The van der Waals surface area contributed by atoms with E-state index in [9.17, 15) is 31.5 Å². The molecule has 4 aromatic rings. The standard InChI is InChI=1S/C37H32F3N3O4S/c38-37(39,40)25-9-11-26(12-10-25)42-48(46,47)27-13-14-31-29(20-27)32(35(45)41-31)36(16-15-22-5-1-2-8-30(22)36)21-24-19-23-6-3-17-43-18-4-7-28(33(23)43)34(24)44/h1-2,5,8-16,19-20,32,42,44H,3-4,6-7,17-18,21H2,(H,41,45). The van der Waals surface area contributed by atoms with Gasteiger partial charge in [-0.15, -0.1) is 0 Å². The molecular formula is C37H32F3N3O4S. The second-order valence-corrected chi connectivity index (χ2v) is 14.7. The Kier molecular flexibility index (Phi) is 6.93. The van der Waals surface area contributed by atoms with Gasteiger partial charge in [0.05, 0.1) is 16.4 Å². The van der Waals surface area contributed by atoms with Gasteiger partial charge in [0.1, 0.15) is 5.75 Å². The molecular weight excluding hydrogens is 639 g/mol. The number of phenols is 1. The number of carbonyl (C=O) groups excluding carboxylic acids is 1. The first kappa shape index (κ1) is 30.6. The molecule has 11 heteroatoms. The monoisotopic (exact) mass is 671 g/mol. The normalized spacial score (nSPS) is 21.0. The molecule has 48 heavy (non-hydrogen) atoms. The summed E-state index contributed by atoms with van der Waals surface area (Å²) >= 11 is 0. The minimum absolute atomic E-state index is 0.0243. The number of hydrogen-bond donors (Lipinski definition) is 3. The van der Waals surface area contributed by atoms with Crippen molar-refractivity contribution in [2.45, 2.75) is 54.5 Å². The summed E-state index contributed by atoms with van der Waals surface area (Å²) in [5, 5.41) is 14.7. The maximum Gasteiger partial charge on any atom is 0.416 e. The lowest BCUT2D eigenvalue weighted by atomic mass is 9.65. The van der Waals surface area contributed by atoms with Crippen LogP contribution in [-0.4, -0.2) is 32.5 Å². The fourth-order valence-electron chi connectivity index (χ4n) is 8.12. The minimum Gasteiger partial charge on any atom is -0.507 e. The molecule has 1 aliphatic carbocycles. The predicted molar refractivity (Wildman–Crippen MR) is 178 cm³/mol. The number of benzene rings is 4. The number of fused-ring (bicyclic) bond motifs is 2. The fourth-order valence-corrected chi connectivity index (χ4v) is 9.22. The third kappa shape index (κ3) is 4.86. The average Bonchev–Trinajstić information content (AvgIpc) is 3.60. The van der Waals surface area contributed by atoms with Crippen LogP contribution in [0.5, 0.6) is 5.75 Å². The van der Waals surface area contributed by atoms with E-state index in [1.165, 1.54) is 17.7 Å². The number of phenolic OH excluding ortho intramolecular Hbond substituents is 1. The Bertz CT molecular complexity index is 2130. The Morgan fingerprint density at radius 2 is 1.73 bits per heavy atom. The zero-order chi connectivity index (χ0) is 33.4. The van der Waals surface area contributed by atoms with Gasteiger partial charge in [-0.1, -0.05) is 42.5 Å². The quantitative estimate of drug-likeness (QED) is 0.202. The molecule has 3 heterocycles. The first-order valence-corrected chi connectivity index (χ1v) is 17.5. The lowest BCUT2D eigenvalue weighted by Gasteiger charge is -2.39. The Hall–Kier alpha value is -4.77. The van der Waals surface area contributed by atoms with E-state index < -0.39 is 33.1 Å². The van der Waals surface area contributed by atoms with Gasteiger partial charge in [-0.2, -0.15) is 13.2 Å². The van der Waals surface area contributed by atoms with Crippen LogP contribution in [0.1, 0.15) is 57.7 Å². The lowest BCUT2D eigenvalue weighted by molar-refractivity contribution is -0.137. The number of carbonyl (C=O) groups is 1. The van der Waals surface area contributed by atoms with Crippen LogP contribution < -0.4 is 14.9 Å². The number of halogens is 3. The Morgan fingerprint density at radius 1 is 0.979 bits per heavy atom. The van der Waals surface area contributed by atoms with E-state index >= 15 is 0 Å². The molecule has 0 saturated carbocycles. The van der Waals surface area contributed by atoms with Crippen LogP contribution in [0.15, 0.2) is 83.8 Å². The van der Waals surface area contributed by atoms with Gasteiger partial charge in [0.25, 0.3) is 10.0 Å². The summed E-state index contributed by atoms with van der Waals surface area (Å²) in [6.07, 6.45) is 3.41. The number of alkyl halides is 3. The third-order valence-corrected chi connectivity index (χ3v) is 11.6. The number of nitrogens with zero attached hydrogens (tertiary/aromatic N) is 1. The SMILES string of the molecule is O=C1Nc2ccc(S(=O)(=O)Nc3ccc(C(F)(F)F)cc3)cc2C1C1(Cc2cc3c4c(c2O)CCCN4CCC3)C=Cc2ccccc21. The van der Waals surface area contributed by atoms with Crippen molar-refractivity contribution in [1.29, 1.82) is 0 Å². The number of anilines is 3. The van der Waals surface area contributed by atoms with Crippen molar-refractivity contribution < 1.29 is 31.5 Å². The highest BCUT2D eigenvalue weighted by atomic mass is 32.2. The zero-order valence-electron chi connectivity index (χ0n) is 25.8. The number of rotatable bonds is 6. The van der Waals surface area contributed by atoms with Gasteiger partial charge >= 0.3 is 6.18 Å². The Balaban J connectivity index is 1.21. The van der Waals surface area contributed by atoms with Crippen molar-refractivity contribution in [2.75, 3.05) is 28.0 Å². The highest BCUT2D eigenvalue weighted by Crippen LogP contribution is 2.54. The molecule has 0 aromatic heterocycles. The lowest BCUT2D eigenvalue weighted by Crippen LogP contribution is -2.38. The van der Waals surface area contributed by atoms with Crippen LogP contribution in [0.25, 0.3) is 6.08 Å². The summed E-state index contributed by atoms with van der Waals surface area (Å²) < 4.78 is 68.7. The van der Waals surface area contributed by atoms with E-state index in [0.29, 0.717) is 17.7 Å². The third-order valence-electron chi connectivity index (χ3n) is 10.2. The highest BCUT2D eigenvalue weighted by molar-refractivity contribution is 7.92. The van der Waals surface area contributed by atoms with E-state index in [0.717, 1.165) is 91.0 Å². The molecule has 7 nitrogen and oxygen atoms in total. The van der Waals surface area contributed by atoms with Crippen LogP contribution >= 0.6 is 0 Å². The Labute approximate surface area is 276 Å². The number of hydrogen-bond acceptors (Lipinski definition) is 5. The van der Waals surface area contributed by atoms with Crippen LogP contribution in [0.3, 0.4) is 0 Å². The number of allylic oxidation sites excluding steroid dienone is 1. The molecule has 0 bridgehead atoms. The van der Waals surface area contributed by atoms with Crippen molar-refractivity contribution in [2.24, 2.45) is 0 Å². The number of sulfonamides is 1. The van der Waals surface area contributed by atoms with E-state index in [1.807, 2.05) is 36.4 Å². The van der Waals surface area contributed by atoms with Crippen LogP contribution in [0, 0.1) is 0 Å². The van der Waals surface area contributed by atoms with Crippen molar-refractivity contribution in [3.8, 4) is 5.75 Å². The summed E-state index contributed by atoms with van der Waals surface area (Å²) in [5.74, 6) is -0.869. The molecule has 4 aromatic carbocycles.